The number of ether oxygens (including phenoxy) is 2. The molecule has 0 N–H and O–H groups in total. The van der Waals surface area contributed by atoms with Crippen LogP contribution in [0.15, 0.2) is 83.5 Å². The summed E-state index contributed by atoms with van der Waals surface area (Å²) < 4.78 is 24.7. The second-order valence-electron chi connectivity index (χ2n) is 6.65. The van der Waals surface area contributed by atoms with E-state index in [1.165, 1.54) is 6.07 Å². The van der Waals surface area contributed by atoms with E-state index >= 15 is 0 Å². The van der Waals surface area contributed by atoms with Crippen molar-refractivity contribution in [2.75, 3.05) is 0 Å². The summed E-state index contributed by atoms with van der Waals surface area (Å²) in [4.78, 5) is 16.5. The van der Waals surface area contributed by atoms with Crippen LogP contribution >= 0.6 is 0 Å². The highest BCUT2D eigenvalue weighted by molar-refractivity contribution is 6.12. The van der Waals surface area contributed by atoms with Gasteiger partial charge < -0.3 is 9.47 Å². The van der Waals surface area contributed by atoms with Crippen molar-refractivity contribution >= 4 is 17.9 Å². The maximum absolute atomic E-state index is 13.7. The summed E-state index contributed by atoms with van der Waals surface area (Å²) >= 11 is 0. The van der Waals surface area contributed by atoms with Gasteiger partial charge in [-0.15, -0.1) is 0 Å². The molecule has 0 fully saturated rings. The molecule has 1 aliphatic rings. The second kappa shape index (κ2) is 8.10. The molecule has 0 bridgehead atoms. The Hall–Kier alpha value is -3.73. The number of esters is 1. The van der Waals surface area contributed by atoms with E-state index in [1.807, 2.05) is 37.3 Å². The molecule has 0 aromatic heterocycles. The van der Waals surface area contributed by atoms with E-state index in [9.17, 15) is 9.18 Å². The highest BCUT2D eigenvalue weighted by atomic mass is 19.1. The van der Waals surface area contributed by atoms with Crippen LogP contribution < -0.4 is 4.74 Å². The fraction of sp³-hybridized carbons (Fsp3) is 0.0833. The van der Waals surface area contributed by atoms with Gasteiger partial charge in [-0.05, 0) is 48.9 Å². The average Bonchev–Trinajstić information content (AvgIpc) is 3.08. The smallest absolute Gasteiger partial charge is 0.363 e. The Balaban J connectivity index is 1.52. The van der Waals surface area contributed by atoms with Crippen LogP contribution in [0.1, 0.15) is 22.3 Å². The Kier molecular flexibility index (Phi) is 5.20. The maximum Gasteiger partial charge on any atom is 0.363 e. The van der Waals surface area contributed by atoms with Crippen LogP contribution in [0.25, 0.3) is 6.08 Å². The van der Waals surface area contributed by atoms with Gasteiger partial charge in [-0.2, -0.15) is 0 Å². The van der Waals surface area contributed by atoms with Gasteiger partial charge >= 0.3 is 5.97 Å². The summed E-state index contributed by atoms with van der Waals surface area (Å²) in [6.45, 7) is 2.10. The number of rotatable bonds is 5. The maximum atomic E-state index is 13.7. The molecule has 0 amide bonds. The molecular weight excluding hydrogens is 369 g/mol. The number of halogens is 1. The lowest BCUT2D eigenvalue weighted by atomic mass is 10.1. The second-order valence-corrected chi connectivity index (χ2v) is 6.65. The third-order valence-electron chi connectivity index (χ3n) is 4.43. The van der Waals surface area contributed by atoms with E-state index in [1.54, 1.807) is 42.5 Å². The van der Waals surface area contributed by atoms with Crippen molar-refractivity contribution in [3.05, 3.63) is 107 Å². The van der Waals surface area contributed by atoms with Crippen molar-refractivity contribution in [1.29, 1.82) is 0 Å². The van der Waals surface area contributed by atoms with Gasteiger partial charge in [-0.25, -0.2) is 14.2 Å². The van der Waals surface area contributed by atoms with Crippen molar-refractivity contribution < 1.29 is 18.7 Å². The van der Waals surface area contributed by atoms with Crippen molar-refractivity contribution in [1.82, 2.24) is 0 Å². The molecule has 3 aromatic rings. The Morgan fingerprint density at radius 2 is 1.83 bits per heavy atom. The van der Waals surface area contributed by atoms with Gasteiger partial charge in [0.25, 0.3) is 0 Å². The van der Waals surface area contributed by atoms with Gasteiger partial charge in [0, 0.05) is 11.1 Å². The molecule has 1 aliphatic heterocycles. The molecule has 0 saturated carbocycles. The van der Waals surface area contributed by atoms with Gasteiger partial charge in [0.15, 0.2) is 5.70 Å². The molecule has 4 rings (SSSR count). The van der Waals surface area contributed by atoms with Gasteiger partial charge in [-0.1, -0.05) is 48.0 Å². The molecular formula is C24H18FNO3. The lowest BCUT2D eigenvalue weighted by Gasteiger charge is -2.07. The van der Waals surface area contributed by atoms with Gasteiger partial charge in [0.2, 0.25) is 5.90 Å². The number of carbonyl (C=O) groups excluding carboxylic acids is 1. The van der Waals surface area contributed by atoms with Crippen molar-refractivity contribution in [2.45, 2.75) is 13.5 Å². The van der Waals surface area contributed by atoms with Crippen molar-refractivity contribution in [2.24, 2.45) is 4.99 Å². The van der Waals surface area contributed by atoms with E-state index in [4.69, 9.17) is 9.47 Å². The van der Waals surface area contributed by atoms with Crippen LogP contribution in [0.2, 0.25) is 0 Å². The van der Waals surface area contributed by atoms with Crippen LogP contribution in [0.5, 0.6) is 5.75 Å². The fourth-order valence-electron chi connectivity index (χ4n) is 2.86. The minimum Gasteiger partial charge on any atom is -0.489 e. The summed E-state index contributed by atoms with van der Waals surface area (Å²) in [5.74, 6) is 0.0422. The number of nitrogens with zero attached hydrogens (tertiary/aromatic N) is 1. The Morgan fingerprint density at radius 3 is 2.62 bits per heavy atom. The minimum absolute atomic E-state index is 0.116. The number of cyclic esters (lactones) is 1. The number of hydrogen-bond acceptors (Lipinski definition) is 4. The predicted octanol–water partition coefficient (Wildman–Crippen LogP) is 5.06. The normalized spacial score (nSPS) is 14.6. The summed E-state index contributed by atoms with van der Waals surface area (Å²) in [7, 11) is 0. The van der Waals surface area contributed by atoms with Gasteiger partial charge in [-0.3, -0.25) is 0 Å². The van der Waals surface area contributed by atoms with Crippen LogP contribution in [-0.4, -0.2) is 11.9 Å². The number of aliphatic imine (C=N–C) groups is 1. The molecule has 0 spiro atoms. The van der Waals surface area contributed by atoms with E-state index in [0.29, 0.717) is 11.3 Å². The Labute approximate surface area is 167 Å². The largest absolute Gasteiger partial charge is 0.489 e. The highest BCUT2D eigenvalue weighted by Crippen LogP contribution is 2.22. The first-order chi connectivity index (χ1) is 14.1. The average molecular weight is 387 g/mol. The molecule has 0 saturated heterocycles. The quantitative estimate of drug-likeness (QED) is 0.454. The molecule has 0 unspecified atom stereocenters. The molecule has 5 heteroatoms. The van der Waals surface area contributed by atoms with Gasteiger partial charge in [0.1, 0.15) is 18.2 Å². The topological polar surface area (TPSA) is 47.9 Å². The van der Waals surface area contributed by atoms with Gasteiger partial charge in [0.05, 0.1) is 0 Å². The standard InChI is InChI=1S/C24H18FNO3/c1-16-9-11-18(12-10-16)23-26-22(24(27)29-23)14-17-5-4-7-20(13-17)28-15-19-6-2-3-8-21(19)25/h2-14H,15H2,1H3/b22-14-. The lowest BCUT2D eigenvalue weighted by molar-refractivity contribution is -0.129. The first kappa shape index (κ1) is 18.6. The first-order valence-corrected chi connectivity index (χ1v) is 9.14. The molecule has 29 heavy (non-hydrogen) atoms. The summed E-state index contributed by atoms with van der Waals surface area (Å²) in [6, 6.07) is 21.2. The van der Waals surface area contributed by atoms with Crippen LogP contribution in [0.3, 0.4) is 0 Å². The van der Waals surface area contributed by atoms with Crippen LogP contribution in [0, 0.1) is 12.7 Å². The van der Waals surface area contributed by atoms with Crippen molar-refractivity contribution in [3.8, 4) is 5.75 Å². The van der Waals surface area contributed by atoms with E-state index in [-0.39, 0.29) is 24.0 Å². The SMILES string of the molecule is Cc1ccc(C2=N/C(=C\c3cccc(OCc4ccccc4F)c3)C(=O)O2)cc1. The van der Waals surface area contributed by atoms with E-state index in [0.717, 1.165) is 16.7 Å². The number of aryl methyl sites for hydroxylation is 1. The zero-order valence-electron chi connectivity index (χ0n) is 15.8. The molecule has 144 valence electrons. The minimum atomic E-state index is -0.502. The summed E-state index contributed by atoms with van der Waals surface area (Å²) in [5.41, 5.74) is 3.28. The molecule has 4 nitrogen and oxygen atoms in total. The summed E-state index contributed by atoms with van der Waals surface area (Å²) in [5, 5.41) is 0. The molecule has 0 radical (unpaired) electrons. The Bertz CT molecular complexity index is 1120. The highest BCUT2D eigenvalue weighted by Gasteiger charge is 2.24. The molecule has 0 atom stereocenters. The molecule has 3 aromatic carbocycles. The van der Waals surface area contributed by atoms with Crippen molar-refractivity contribution in [3.63, 3.8) is 0 Å². The summed E-state index contributed by atoms with van der Waals surface area (Å²) in [6.07, 6.45) is 1.64. The third-order valence-corrected chi connectivity index (χ3v) is 4.43. The van der Waals surface area contributed by atoms with Crippen LogP contribution in [-0.2, 0) is 16.1 Å². The Morgan fingerprint density at radius 1 is 1.03 bits per heavy atom. The van der Waals surface area contributed by atoms with E-state index < -0.39 is 5.97 Å². The first-order valence-electron chi connectivity index (χ1n) is 9.14. The molecule has 0 aliphatic carbocycles. The number of carbonyl (C=O) groups is 1. The number of benzene rings is 3. The number of hydrogen-bond donors (Lipinski definition) is 0. The lowest BCUT2D eigenvalue weighted by Crippen LogP contribution is -2.05. The predicted molar refractivity (Wildman–Crippen MR) is 109 cm³/mol. The fourth-order valence-corrected chi connectivity index (χ4v) is 2.86. The zero-order chi connectivity index (χ0) is 20.2. The zero-order valence-corrected chi connectivity index (χ0v) is 15.8. The third kappa shape index (κ3) is 4.41. The monoisotopic (exact) mass is 387 g/mol. The van der Waals surface area contributed by atoms with Crippen LogP contribution in [0.4, 0.5) is 4.39 Å². The molecule has 1 heterocycles. The van der Waals surface area contributed by atoms with E-state index in [2.05, 4.69) is 4.99 Å².